The summed E-state index contributed by atoms with van der Waals surface area (Å²) < 4.78 is 0. The summed E-state index contributed by atoms with van der Waals surface area (Å²) in [7, 11) is 2.17. The molecule has 0 aliphatic heterocycles. The van der Waals surface area contributed by atoms with Crippen LogP contribution in [-0.2, 0) is 0 Å². The molecule has 0 bridgehead atoms. The molecule has 2 aliphatic rings. The monoisotopic (exact) mass is 266 g/mol. The Morgan fingerprint density at radius 3 is 2.32 bits per heavy atom. The van der Waals surface area contributed by atoms with Gasteiger partial charge in [0.15, 0.2) is 0 Å². The maximum atomic E-state index is 3.66. The van der Waals surface area contributed by atoms with Crippen LogP contribution in [0.25, 0.3) is 0 Å². The zero-order valence-electron chi connectivity index (χ0n) is 13.5. The smallest absolute Gasteiger partial charge is 0.0271 e. The van der Waals surface area contributed by atoms with Crippen molar-refractivity contribution >= 4 is 0 Å². The number of nitrogens with zero attached hydrogens (tertiary/aromatic N) is 1. The number of likely N-dealkylation sites (N-methyl/N-ethyl adjacent to an activating group) is 2. The first kappa shape index (κ1) is 15.3. The summed E-state index contributed by atoms with van der Waals surface area (Å²) in [4.78, 5) is 2.85. The highest BCUT2D eigenvalue weighted by Crippen LogP contribution is 2.39. The van der Waals surface area contributed by atoms with Crippen molar-refractivity contribution in [1.82, 2.24) is 10.2 Å². The van der Waals surface area contributed by atoms with E-state index in [1.807, 2.05) is 0 Å². The molecule has 2 aliphatic carbocycles. The van der Waals surface area contributed by atoms with Crippen LogP contribution >= 0.6 is 0 Å². The second-order valence-electron chi connectivity index (χ2n) is 7.34. The van der Waals surface area contributed by atoms with Crippen LogP contribution in [0.4, 0.5) is 0 Å². The van der Waals surface area contributed by atoms with Crippen LogP contribution in [0.1, 0.15) is 72.1 Å². The molecule has 112 valence electrons. The number of hydrogen-bond acceptors (Lipinski definition) is 2. The summed E-state index contributed by atoms with van der Waals surface area (Å²) in [6.07, 6.45) is 11.4. The van der Waals surface area contributed by atoms with Crippen molar-refractivity contribution in [2.24, 2.45) is 5.41 Å². The maximum absolute atomic E-state index is 3.66. The summed E-state index contributed by atoms with van der Waals surface area (Å²) in [6, 6.07) is 2.26. The molecule has 2 atom stereocenters. The van der Waals surface area contributed by atoms with Gasteiger partial charge in [-0.2, -0.15) is 0 Å². The lowest BCUT2D eigenvalue weighted by Gasteiger charge is -2.51. The molecule has 19 heavy (non-hydrogen) atoms. The molecule has 2 rings (SSSR count). The Bertz CT molecular complexity index is 268. The molecule has 0 spiro atoms. The van der Waals surface area contributed by atoms with Gasteiger partial charge in [0.05, 0.1) is 0 Å². The lowest BCUT2D eigenvalue weighted by atomic mass is 9.70. The Morgan fingerprint density at radius 2 is 1.74 bits per heavy atom. The first-order valence-corrected chi connectivity index (χ1v) is 8.53. The molecule has 2 fully saturated rings. The van der Waals surface area contributed by atoms with Crippen LogP contribution in [0, 0.1) is 5.41 Å². The van der Waals surface area contributed by atoms with Crippen LogP contribution in [0.2, 0.25) is 0 Å². The zero-order valence-corrected chi connectivity index (χ0v) is 13.5. The molecular formula is C17H34N2. The Morgan fingerprint density at radius 1 is 1.05 bits per heavy atom. The summed E-state index contributed by atoms with van der Waals surface area (Å²) >= 11 is 0. The Balaban J connectivity index is 2.11. The van der Waals surface area contributed by atoms with Gasteiger partial charge in [-0.15, -0.1) is 0 Å². The molecule has 0 aromatic heterocycles. The highest BCUT2D eigenvalue weighted by molar-refractivity contribution is 4.99. The number of hydrogen-bond donors (Lipinski definition) is 1. The van der Waals surface area contributed by atoms with Gasteiger partial charge in [0.1, 0.15) is 0 Å². The van der Waals surface area contributed by atoms with E-state index >= 15 is 0 Å². The topological polar surface area (TPSA) is 15.3 Å². The average molecular weight is 266 g/mol. The van der Waals surface area contributed by atoms with Crippen LogP contribution < -0.4 is 5.32 Å². The fourth-order valence-corrected chi connectivity index (χ4v) is 4.73. The predicted octanol–water partition coefficient (Wildman–Crippen LogP) is 3.81. The van der Waals surface area contributed by atoms with E-state index in [1.165, 1.54) is 57.9 Å². The third kappa shape index (κ3) is 3.33. The molecule has 0 radical (unpaired) electrons. The normalized spacial score (nSPS) is 32.7. The molecule has 2 heteroatoms. The van der Waals surface area contributed by atoms with Gasteiger partial charge in [0.2, 0.25) is 0 Å². The van der Waals surface area contributed by atoms with Gasteiger partial charge in [-0.25, -0.2) is 0 Å². The molecule has 0 saturated heterocycles. The summed E-state index contributed by atoms with van der Waals surface area (Å²) in [5, 5.41) is 3.66. The van der Waals surface area contributed by atoms with Crippen LogP contribution in [0.3, 0.4) is 0 Å². The third-order valence-corrected chi connectivity index (χ3v) is 5.69. The van der Waals surface area contributed by atoms with E-state index in [-0.39, 0.29) is 0 Å². The van der Waals surface area contributed by atoms with Gasteiger partial charge in [-0.1, -0.05) is 46.5 Å². The van der Waals surface area contributed by atoms with Crippen molar-refractivity contribution in [3.8, 4) is 0 Å². The summed E-state index contributed by atoms with van der Waals surface area (Å²) in [5.41, 5.74) is 0.444. The Hall–Kier alpha value is -0.0800. The number of rotatable bonds is 4. The van der Waals surface area contributed by atoms with Crippen molar-refractivity contribution in [3.05, 3.63) is 0 Å². The average Bonchev–Trinajstić information content (AvgIpc) is 2.40. The van der Waals surface area contributed by atoms with Crippen molar-refractivity contribution < 1.29 is 0 Å². The van der Waals surface area contributed by atoms with Crippen LogP contribution in [-0.4, -0.2) is 36.6 Å². The Kier molecular flexibility index (Phi) is 5.30. The van der Waals surface area contributed by atoms with Gasteiger partial charge in [-0.3, -0.25) is 4.90 Å². The molecule has 1 N–H and O–H groups in total. The minimum atomic E-state index is 0.444. The third-order valence-electron chi connectivity index (χ3n) is 5.69. The molecule has 0 heterocycles. The number of nitrogens with one attached hydrogen (secondary N) is 1. The molecule has 0 amide bonds. The molecular weight excluding hydrogens is 232 g/mol. The summed E-state index contributed by atoms with van der Waals surface area (Å²) in [5.74, 6) is 0. The molecule has 2 saturated carbocycles. The second-order valence-corrected chi connectivity index (χ2v) is 7.34. The standard InChI is InChI=1S/C17H34N2/c1-5-19(14-10-7-6-8-11-14)15-12-9-13-17(2,3)16(15)18-4/h14-16,18H,5-13H2,1-4H3. The SMILES string of the molecule is CCN(C1CCCCC1)C1CCCC(C)(C)C1NC. The Labute approximate surface area is 120 Å². The lowest BCUT2D eigenvalue weighted by Crippen LogP contribution is -2.60. The fourth-order valence-electron chi connectivity index (χ4n) is 4.73. The minimum absolute atomic E-state index is 0.444. The molecule has 0 aromatic carbocycles. The van der Waals surface area contributed by atoms with E-state index in [0.717, 1.165) is 12.1 Å². The van der Waals surface area contributed by atoms with E-state index in [1.54, 1.807) is 0 Å². The van der Waals surface area contributed by atoms with Gasteiger partial charge in [0, 0.05) is 18.1 Å². The van der Waals surface area contributed by atoms with Crippen molar-refractivity contribution in [1.29, 1.82) is 0 Å². The quantitative estimate of drug-likeness (QED) is 0.832. The highest BCUT2D eigenvalue weighted by Gasteiger charge is 2.41. The van der Waals surface area contributed by atoms with E-state index in [2.05, 4.69) is 38.0 Å². The van der Waals surface area contributed by atoms with Crippen LogP contribution in [0.15, 0.2) is 0 Å². The molecule has 2 unspecified atom stereocenters. The highest BCUT2D eigenvalue weighted by atomic mass is 15.2. The minimum Gasteiger partial charge on any atom is -0.315 e. The van der Waals surface area contributed by atoms with Gasteiger partial charge in [0.25, 0.3) is 0 Å². The van der Waals surface area contributed by atoms with E-state index in [4.69, 9.17) is 0 Å². The van der Waals surface area contributed by atoms with E-state index in [9.17, 15) is 0 Å². The van der Waals surface area contributed by atoms with Gasteiger partial charge in [-0.05, 0) is 44.7 Å². The van der Waals surface area contributed by atoms with E-state index < -0.39 is 0 Å². The van der Waals surface area contributed by atoms with Crippen molar-refractivity contribution in [2.75, 3.05) is 13.6 Å². The maximum Gasteiger partial charge on any atom is 0.0271 e. The van der Waals surface area contributed by atoms with Crippen molar-refractivity contribution in [2.45, 2.75) is 90.3 Å². The zero-order chi connectivity index (χ0) is 13.9. The largest absolute Gasteiger partial charge is 0.315 e. The molecule has 2 nitrogen and oxygen atoms in total. The second kappa shape index (κ2) is 6.58. The first-order valence-electron chi connectivity index (χ1n) is 8.53. The first-order chi connectivity index (χ1) is 9.10. The summed E-state index contributed by atoms with van der Waals surface area (Å²) in [6.45, 7) is 8.50. The fraction of sp³-hybridized carbons (Fsp3) is 1.00. The lowest BCUT2D eigenvalue weighted by molar-refractivity contribution is 0.0188. The van der Waals surface area contributed by atoms with Gasteiger partial charge < -0.3 is 5.32 Å². The van der Waals surface area contributed by atoms with Gasteiger partial charge >= 0.3 is 0 Å². The predicted molar refractivity (Wildman–Crippen MR) is 83.5 cm³/mol. The molecule has 0 aromatic rings. The van der Waals surface area contributed by atoms with E-state index in [0.29, 0.717) is 11.5 Å². The van der Waals surface area contributed by atoms with Crippen LogP contribution in [0.5, 0.6) is 0 Å². The van der Waals surface area contributed by atoms with Crippen molar-refractivity contribution in [3.63, 3.8) is 0 Å².